The maximum Gasteiger partial charge on any atom is 0.234 e. The molecule has 0 aliphatic carbocycles. The first kappa shape index (κ1) is 23.2. The average molecular weight is 485 g/mol. The van der Waals surface area contributed by atoms with Crippen molar-refractivity contribution in [3.8, 4) is 11.3 Å². The number of carbonyl (C=O) groups excluding carboxylic acids is 1. The van der Waals surface area contributed by atoms with E-state index < -0.39 is 6.04 Å². The van der Waals surface area contributed by atoms with E-state index in [1.54, 1.807) is 0 Å². The van der Waals surface area contributed by atoms with Crippen molar-refractivity contribution in [1.29, 1.82) is 0 Å². The standard InChI is InChI=1S/C24H29BrN4O2/c1-17-8-10-19(11-9-17)23-14-21(28-31-23)16-29(15-18-5-4-6-20(25)13-18)22(24(27)30)7-2-3-12-26/h4-6,8-11,13-14,22H,2-3,7,12,15-16,26H2,1H3,(H2,27,30). The highest BCUT2D eigenvalue weighted by Gasteiger charge is 2.25. The summed E-state index contributed by atoms with van der Waals surface area (Å²) in [4.78, 5) is 14.4. The third kappa shape index (κ3) is 6.75. The number of nitrogens with two attached hydrogens (primary N) is 2. The molecule has 2 aromatic carbocycles. The molecule has 31 heavy (non-hydrogen) atoms. The number of hydrogen-bond acceptors (Lipinski definition) is 5. The molecule has 3 rings (SSSR count). The summed E-state index contributed by atoms with van der Waals surface area (Å²) in [6.45, 7) is 3.67. The smallest absolute Gasteiger partial charge is 0.234 e. The van der Waals surface area contributed by atoms with E-state index in [1.807, 2.05) is 61.5 Å². The highest BCUT2D eigenvalue weighted by atomic mass is 79.9. The highest BCUT2D eigenvalue weighted by Crippen LogP contribution is 2.24. The lowest BCUT2D eigenvalue weighted by Crippen LogP contribution is -2.44. The Kier molecular flexibility index (Phi) is 8.40. The molecule has 6 nitrogen and oxygen atoms in total. The normalized spacial score (nSPS) is 12.3. The zero-order valence-electron chi connectivity index (χ0n) is 17.8. The predicted octanol–water partition coefficient (Wildman–Crippen LogP) is 4.40. The summed E-state index contributed by atoms with van der Waals surface area (Å²) in [5, 5.41) is 4.25. The maximum atomic E-state index is 12.3. The number of halogens is 1. The largest absolute Gasteiger partial charge is 0.368 e. The Bertz CT molecular complexity index is 987. The molecule has 0 aliphatic heterocycles. The Morgan fingerprint density at radius 1 is 1.13 bits per heavy atom. The number of carbonyl (C=O) groups is 1. The summed E-state index contributed by atoms with van der Waals surface area (Å²) in [6, 6.07) is 17.7. The molecule has 0 fully saturated rings. The first-order chi connectivity index (χ1) is 15.0. The minimum absolute atomic E-state index is 0.339. The quantitative estimate of drug-likeness (QED) is 0.393. The van der Waals surface area contributed by atoms with Crippen LogP contribution in [-0.4, -0.2) is 28.6 Å². The number of benzene rings is 2. The number of aromatic nitrogens is 1. The number of amides is 1. The van der Waals surface area contributed by atoms with Crippen molar-refractivity contribution >= 4 is 21.8 Å². The summed E-state index contributed by atoms with van der Waals surface area (Å²) >= 11 is 3.52. The molecule has 1 heterocycles. The third-order valence-corrected chi connectivity index (χ3v) is 5.73. The molecule has 4 N–H and O–H groups in total. The fraction of sp³-hybridized carbons (Fsp3) is 0.333. The molecule has 3 aromatic rings. The van der Waals surface area contributed by atoms with Gasteiger partial charge in [-0.2, -0.15) is 0 Å². The van der Waals surface area contributed by atoms with Gasteiger partial charge in [0.2, 0.25) is 5.91 Å². The average Bonchev–Trinajstić information content (AvgIpc) is 3.20. The van der Waals surface area contributed by atoms with Crippen LogP contribution in [0.5, 0.6) is 0 Å². The molecule has 0 aliphatic rings. The lowest BCUT2D eigenvalue weighted by atomic mass is 10.1. The van der Waals surface area contributed by atoms with Gasteiger partial charge in [-0.25, -0.2) is 0 Å². The van der Waals surface area contributed by atoms with Crippen molar-refractivity contribution in [2.24, 2.45) is 11.5 Å². The Hall–Kier alpha value is -2.48. The summed E-state index contributed by atoms with van der Waals surface area (Å²) in [5.41, 5.74) is 15.4. The fourth-order valence-electron chi connectivity index (χ4n) is 3.58. The van der Waals surface area contributed by atoms with Crippen molar-refractivity contribution in [1.82, 2.24) is 10.1 Å². The number of hydrogen-bond donors (Lipinski definition) is 2. The van der Waals surface area contributed by atoms with Gasteiger partial charge < -0.3 is 16.0 Å². The fourth-order valence-corrected chi connectivity index (χ4v) is 4.03. The first-order valence-electron chi connectivity index (χ1n) is 10.5. The van der Waals surface area contributed by atoms with Crippen molar-refractivity contribution in [2.45, 2.75) is 45.3 Å². The molecule has 0 bridgehead atoms. The number of nitrogens with zero attached hydrogens (tertiary/aromatic N) is 2. The van der Waals surface area contributed by atoms with E-state index in [0.717, 1.165) is 34.1 Å². The van der Waals surface area contributed by atoms with Crippen LogP contribution >= 0.6 is 15.9 Å². The van der Waals surface area contributed by atoms with Crippen molar-refractivity contribution < 1.29 is 9.32 Å². The molecule has 0 saturated heterocycles. The second-order valence-electron chi connectivity index (χ2n) is 7.79. The lowest BCUT2D eigenvalue weighted by Gasteiger charge is -2.29. The van der Waals surface area contributed by atoms with Gasteiger partial charge in [-0.3, -0.25) is 9.69 Å². The Balaban J connectivity index is 1.83. The van der Waals surface area contributed by atoms with E-state index in [9.17, 15) is 4.79 Å². The molecular weight excluding hydrogens is 456 g/mol. The summed E-state index contributed by atoms with van der Waals surface area (Å²) in [6.07, 6.45) is 2.35. The van der Waals surface area contributed by atoms with Gasteiger partial charge >= 0.3 is 0 Å². The lowest BCUT2D eigenvalue weighted by molar-refractivity contribution is -0.124. The molecule has 7 heteroatoms. The van der Waals surface area contributed by atoms with Gasteiger partial charge in [0.15, 0.2) is 5.76 Å². The predicted molar refractivity (Wildman–Crippen MR) is 126 cm³/mol. The molecular formula is C24H29BrN4O2. The van der Waals surface area contributed by atoms with E-state index in [1.165, 1.54) is 5.56 Å². The minimum atomic E-state index is -0.412. The van der Waals surface area contributed by atoms with Crippen LogP contribution < -0.4 is 11.5 Å². The number of unbranched alkanes of at least 4 members (excludes halogenated alkanes) is 1. The van der Waals surface area contributed by atoms with Gasteiger partial charge in [0.25, 0.3) is 0 Å². The molecule has 1 aromatic heterocycles. The summed E-state index contributed by atoms with van der Waals surface area (Å²) in [7, 11) is 0. The van der Waals surface area contributed by atoms with Crippen LogP contribution in [0.25, 0.3) is 11.3 Å². The highest BCUT2D eigenvalue weighted by molar-refractivity contribution is 9.10. The van der Waals surface area contributed by atoms with Gasteiger partial charge in [0.05, 0.1) is 11.7 Å². The van der Waals surface area contributed by atoms with E-state index >= 15 is 0 Å². The Morgan fingerprint density at radius 3 is 2.58 bits per heavy atom. The van der Waals surface area contributed by atoms with Crippen molar-refractivity contribution in [3.63, 3.8) is 0 Å². The number of aryl methyl sites for hydroxylation is 1. The zero-order valence-corrected chi connectivity index (χ0v) is 19.3. The first-order valence-corrected chi connectivity index (χ1v) is 11.3. The van der Waals surface area contributed by atoms with Crippen LogP contribution in [0.2, 0.25) is 0 Å². The SMILES string of the molecule is Cc1ccc(-c2cc(CN(Cc3cccc(Br)c3)C(CCCCN)C(N)=O)no2)cc1. The second kappa shape index (κ2) is 11.2. The monoisotopic (exact) mass is 484 g/mol. The van der Waals surface area contributed by atoms with Gasteiger partial charge in [0.1, 0.15) is 0 Å². The second-order valence-corrected chi connectivity index (χ2v) is 8.70. The summed E-state index contributed by atoms with van der Waals surface area (Å²) in [5.74, 6) is 0.366. The molecule has 1 unspecified atom stereocenters. The zero-order chi connectivity index (χ0) is 22.2. The third-order valence-electron chi connectivity index (χ3n) is 5.24. The van der Waals surface area contributed by atoms with E-state index in [4.69, 9.17) is 16.0 Å². The molecule has 0 spiro atoms. The maximum absolute atomic E-state index is 12.3. The topological polar surface area (TPSA) is 98.4 Å². The van der Waals surface area contributed by atoms with Crippen LogP contribution in [-0.2, 0) is 17.9 Å². The van der Waals surface area contributed by atoms with Crippen LogP contribution in [0.4, 0.5) is 0 Å². The van der Waals surface area contributed by atoms with E-state index in [-0.39, 0.29) is 5.91 Å². The van der Waals surface area contributed by atoms with Gasteiger partial charge in [-0.15, -0.1) is 0 Å². The van der Waals surface area contributed by atoms with Crippen molar-refractivity contribution in [2.75, 3.05) is 6.54 Å². The Morgan fingerprint density at radius 2 is 1.90 bits per heavy atom. The van der Waals surface area contributed by atoms with Crippen LogP contribution in [0.3, 0.4) is 0 Å². The minimum Gasteiger partial charge on any atom is -0.368 e. The molecule has 164 valence electrons. The number of primary amides is 1. The summed E-state index contributed by atoms with van der Waals surface area (Å²) < 4.78 is 6.58. The Labute approximate surface area is 191 Å². The van der Waals surface area contributed by atoms with Gasteiger partial charge in [0, 0.05) is 29.2 Å². The van der Waals surface area contributed by atoms with Crippen molar-refractivity contribution in [3.05, 3.63) is 75.9 Å². The molecule has 0 saturated carbocycles. The van der Waals surface area contributed by atoms with E-state index in [0.29, 0.717) is 31.8 Å². The van der Waals surface area contributed by atoms with Crippen LogP contribution in [0.15, 0.2) is 63.6 Å². The molecule has 1 amide bonds. The van der Waals surface area contributed by atoms with Gasteiger partial charge in [-0.05, 0) is 44.0 Å². The van der Waals surface area contributed by atoms with Crippen LogP contribution in [0.1, 0.15) is 36.1 Å². The number of rotatable bonds is 11. The molecule has 0 radical (unpaired) electrons. The van der Waals surface area contributed by atoms with Gasteiger partial charge in [-0.1, -0.05) is 69.5 Å². The van der Waals surface area contributed by atoms with E-state index in [2.05, 4.69) is 26.0 Å². The molecule has 1 atom stereocenters. The van der Waals surface area contributed by atoms with Crippen LogP contribution in [0, 0.1) is 6.92 Å².